The van der Waals surface area contributed by atoms with Crippen LogP contribution in [-0.4, -0.2) is 19.1 Å². The predicted molar refractivity (Wildman–Crippen MR) is 226 cm³/mol. The molecule has 0 amide bonds. The molecule has 6 nitrogen and oxygen atoms in total. The Balaban J connectivity index is 1.23. The van der Waals surface area contributed by atoms with Gasteiger partial charge in [-0.05, 0) is 107 Å². The van der Waals surface area contributed by atoms with Crippen LogP contribution < -0.4 is 9.30 Å². The van der Waals surface area contributed by atoms with Crippen molar-refractivity contribution in [3.8, 4) is 28.8 Å². The minimum atomic E-state index is -0.0149. The minimum Gasteiger partial charge on any atom is -0.458 e. The standard InChI is InChI=1S/C49H51N5O/c1-31-22-43-44(23-32(31)2)53(30-52(43)36-25-34(48(6,7)8)24-35(26-36)49(9,10)11)45-29-38(19-21-50-45)55-37-16-17-40-39-14-12-13-15-41(39)54(42(40)28-37)46-27-33(18-20-51-46)47(3,4)5/h12-29H,1-11H3. The van der Waals surface area contributed by atoms with Gasteiger partial charge in [0.1, 0.15) is 17.3 Å². The fourth-order valence-electron chi connectivity index (χ4n) is 7.32. The molecule has 278 valence electrons. The van der Waals surface area contributed by atoms with E-state index in [0.29, 0.717) is 5.75 Å². The molecule has 0 saturated carbocycles. The Morgan fingerprint density at radius 3 is 1.87 bits per heavy atom. The van der Waals surface area contributed by atoms with Gasteiger partial charge in [0, 0.05) is 35.3 Å². The maximum Gasteiger partial charge on any atom is 0.271 e. The van der Waals surface area contributed by atoms with E-state index in [9.17, 15) is 0 Å². The summed E-state index contributed by atoms with van der Waals surface area (Å²) in [7, 11) is 0. The summed E-state index contributed by atoms with van der Waals surface area (Å²) in [6.45, 7) is 24.7. The van der Waals surface area contributed by atoms with Gasteiger partial charge in [0.05, 0.1) is 27.8 Å². The molecule has 4 aromatic heterocycles. The molecular weight excluding hydrogens is 675 g/mol. The number of hydrogen-bond donors (Lipinski definition) is 0. The highest BCUT2D eigenvalue weighted by Crippen LogP contribution is 2.37. The van der Waals surface area contributed by atoms with Crippen molar-refractivity contribution in [1.29, 1.82) is 0 Å². The third-order valence-corrected chi connectivity index (χ3v) is 10.8. The lowest BCUT2D eigenvalue weighted by molar-refractivity contribution is -0.572. The molecule has 6 heteroatoms. The first kappa shape index (κ1) is 36.2. The van der Waals surface area contributed by atoms with Gasteiger partial charge in [-0.15, -0.1) is 0 Å². The SMILES string of the molecule is Cc1cc2c(cc1C)[n+](-c1cc(C(C)(C)C)cc(C(C)(C)C)c1)[c-]n2-c1cc(Oc2ccc3c4ccccc4n(-c4cc(C(C)(C)C)ccn4)c3c2)ccn1. The number of nitrogens with zero attached hydrogens (tertiary/aromatic N) is 5. The molecule has 0 atom stereocenters. The summed E-state index contributed by atoms with van der Waals surface area (Å²) in [5.74, 6) is 3.04. The molecule has 8 rings (SSSR count). The molecule has 4 aromatic carbocycles. The number of benzene rings is 4. The van der Waals surface area contributed by atoms with Crippen LogP contribution in [0.5, 0.6) is 11.5 Å². The van der Waals surface area contributed by atoms with Gasteiger partial charge in [0.2, 0.25) is 0 Å². The first-order valence-corrected chi connectivity index (χ1v) is 19.2. The molecule has 55 heavy (non-hydrogen) atoms. The number of imidazole rings is 1. The number of aryl methyl sites for hydroxylation is 2. The van der Waals surface area contributed by atoms with Crippen LogP contribution in [0.4, 0.5) is 0 Å². The molecule has 0 radical (unpaired) electrons. The van der Waals surface area contributed by atoms with Crippen molar-refractivity contribution in [1.82, 2.24) is 19.1 Å². The van der Waals surface area contributed by atoms with Gasteiger partial charge in [-0.2, -0.15) is 0 Å². The molecule has 0 fully saturated rings. The molecule has 0 aliphatic carbocycles. The number of rotatable bonds is 5. The minimum absolute atomic E-state index is 0.00509. The highest BCUT2D eigenvalue weighted by atomic mass is 16.5. The number of hydrogen-bond acceptors (Lipinski definition) is 3. The van der Waals surface area contributed by atoms with Crippen molar-refractivity contribution in [3.05, 3.63) is 144 Å². The third kappa shape index (κ3) is 6.69. The molecule has 0 N–H and O–H groups in total. The van der Waals surface area contributed by atoms with Crippen molar-refractivity contribution in [2.45, 2.75) is 92.4 Å². The van der Waals surface area contributed by atoms with Crippen molar-refractivity contribution < 1.29 is 9.30 Å². The molecule has 0 spiro atoms. The molecule has 0 bridgehead atoms. The number of aromatic nitrogens is 5. The topological polar surface area (TPSA) is 48.8 Å². The second-order valence-electron chi connectivity index (χ2n) is 18.1. The second kappa shape index (κ2) is 12.9. The average molecular weight is 726 g/mol. The maximum atomic E-state index is 6.66. The largest absolute Gasteiger partial charge is 0.458 e. The Bertz CT molecular complexity index is 2730. The van der Waals surface area contributed by atoms with E-state index in [1.807, 2.05) is 30.6 Å². The molecule has 8 aromatic rings. The van der Waals surface area contributed by atoms with Gasteiger partial charge in [0.25, 0.3) is 6.33 Å². The zero-order chi connectivity index (χ0) is 39.0. The van der Waals surface area contributed by atoms with Gasteiger partial charge in [0.15, 0.2) is 5.82 Å². The first-order chi connectivity index (χ1) is 26.0. The van der Waals surface area contributed by atoms with E-state index in [0.717, 1.165) is 50.5 Å². The zero-order valence-electron chi connectivity index (χ0n) is 34.0. The fourth-order valence-corrected chi connectivity index (χ4v) is 7.32. The summed E-state index contributed by atoms with van der Waals surface area (Å²) in [5.41, 5.74) is 11.6. The van der Waals surface area contributed by atoms with Crippen LogP contribution >= 0.6 is 0 Å². The van der Waals surface area contributed by atoms with E-state index in [2.05, 4.69) is 175 Å². The quantitative estimate of drug-likeness (QED) is 0.131. The van der Waals surface area contributed by atoms with Crippen molar-refractivity contribution in [2.24, 2.45) is 0 Å². The average Bonchev–Trinajstić information content (AvgIpc) is 3.66. The van der Waals surface area contributed by atoms with Gasteiger partial charge < -0.3 is 4.74 Å². The molecular formula is C49H51N5O. The zero-order valence-corrected chi connectivity index (χ0v) is 34.0. The lowest BCUT2D eigenvalue weighted by Gasteiger charge is -2.26. The maximum absolute atomic E-state index is 6.66. The smallest absolute Gasteiger partial charge is 0.271 e. The number of pyridine rings is 2. The van der Waals surface area contributed by atoms with Crippen LogP contribution in [0.1, 0.15) is 90.1 Å². The van der Waals surface area contributed by atoms with Crippen molar-refractivity contribution >= 4 is 32.8 Å². The van der Waals surface area contributed by atoms with Crippen LogP contribution in [0.2, 0.25) is 0 Å². The number of fused-ring (bicyclic) bond motifs is 4. The lowest BCUT2D eigenvalue weighted by Crippen LogP contribution is -2.31. The molecule has 0 aliphatic rings. The van der Waals surface area contributed by atoms with E-state index >= 15 is 0 Å². The van der Waals surface area contributed by atoms with Crippen LogP contribution in [0, 0.1) is 20.2 Å². The summed E-state index contributed by atoms with van der Waals surface area (Å²) in [4.78, 5) is 9.71. The molecule has 0 unspecified atom stereocenters. The molecule has 4 heterocycles. The van der Waals surface area contributed by atoms with Crippen LogP contribution in [0.3, 0.4) is 0 Å². The summed E-state index contributed by atoms with van der Waals surface area (Å²) in [5, 5.41) is 2.32. The van der Waals surface area contributed by atoms with Crippen LogP contribution in [0.15, 0.2) is 109 Å². The normalized spacial score (nSPS) is 12.6. The third-order valence-electron chi connectivity index (χ3n) is 10.8. The van der Waals surface area contributed by atoms with Crippen LogP contribution in [-0.2, 0) is 16.2 Å². The Labute approximate surface area is 325 Å². The van der Waals surface area contributed by atoms with Crippen molar-refractivity contribution in [3.63, 3.8) is 0 Å². The highest BCUT2D eigenvalue weighted by Gasteiger charge is 2.23. The Kier molecular flexibility index (Phi) is 8.52. The summed E-state index contributed by atoms with van der Waals surface area (Å²) in [6, 6.07) is 34.5. The monoisotopic (exact) mass is 725 g/mol. The van der Waals surface area contributed by atoms with Crippen LogP contribution in [0.25, 0.3) is 50.2 Å². The first-order valence-electron chi connectivity index (χ1n) is 19.2. The van der Waals surface area contributed by atoms with Crippen molar-refractivity contribution in [2.75, 3.05) is 0 Å². The number of para-hydroxylation sites is 1. The van der Waals surface area contributed by atoms with E-state index in [1.165, 1.54) is 33.2 Å². The summed E-state index contributed by atoms with van der Waals surface area (Å²) < 4.78 is 13.2. The van der Waals surface area contributed by atoms with Gasteiger partial charge in [-0.25, -0.2) is 4.98 Å². The lowest BCUT2D eigenvalue weighted by atomic mass is 9.80. The van der Waals surface area contributed by atoms with Gasteiger partial charge >= 0.3 is 0 Å². The summed E-state index contributed by atoms with van der Waals surface area (Å²) >= 11 is 0. The Morgan fingerprint density at radius 2 is 1.16 bits per heavy atom. The molecule has 0 aliphatic heterocycles. The van der Waals surface area contributed by atoms with E-state index in [-0.39, 0.29) is 16.2 Å². The van der Waals surface area contributed by atoms with Gasteiger partial charge in [-0.3, -0.25) is 18.7 Å². The highest BCUT2D eigenvalue weighted by molar-refractivity contribution is 6.09. The molecule has 0 saturated heterocycles. The fraction of sp³-hybridized carbons (Fsp3) is 0.286. The van der Waals surface area contributed by atoms with Gasteiger partial charge in [-0.1, -0.05) is 97.7 Å². The second-order valence-corrected chi connectivity index (χ2v) is 18.1. The Morgan fingerprint density at radius 1 is 0.545 bits per heavy atom. The van der Waals surface area contributed by atoms with E-state index < -0.39 is 0 Å². The van der Waals surface area contributed by atoms with E-state index in [4.69, 9.17) is 14.7 Å². The summed E-state index contributed by atoms with van der Waals surface area (Å²) in [6.07, 6.45) is 7.43. The number of ether oxygens (including phenoxy) is 1. The predicted octanol–water partition coefficient (Wildman–Crippen LogP) is 11.9. The van der Waals surface area contributed by atoms with E-state index in [1.54, 1.807) is 0 Å². The Hall–Kier alpha value is -5.75.